The van der Waals surface area contributed by atoms with E-state index in [0.29, 0.717) is 19.6 Å². The van der Waals surface area contributed by atoms with Gasteiger partial charge in [-0.05, 0) is 37.3 Å². The van der Waals surface area contributed by atoms with Crippen LogP contribution in [0.15, 0.2) is 24.3 Å². The number of halogens is 2. The summed E-state index contributed by atoms with van der Waals surface area (Å²) in [6.07, 6.45) is 0.416. The first-order valence-corrected chi connectivity index (χ1v) is 7.44. The lowest BCUT2D eigenvalue weighted by Gasteiger charge is -2.41. The Bertz CT molecular complexity index is 530. The zero-order chi connectivity index (χ0) is 16.2. The summed E-state index contributed by atoms with van der Waals surface area (Å²) in [7, 11) is 0. The number of carbonyl (C=O) groups excluding carboxylic acids is 1. The van der Waals surface area contributed by atoms with Gasteiger partial charge in [0.2, 0.25) is 0 Å². The van der Waals surface area contributed by atoms with Crippen molar-refractivity contribution in [2.24, 2.45) is 0 Å². The minimum absolute atomic E-state index is 0.0201. The third kappa shape index (κ3) is 3.28. The number of hydrogen-bond acceptors (Lipinski definition) is 3. The second kappa shape index (κ2) is 6.71. The lowest BCUT2D eigenvalue weighted by Crippen LogP contribution is -2.60. The summed E-state index contributed by atoms with van der Waals surface area (Å²) in [5.41, 5.74) is -0.627. The van der Waals surface area contributed by atoms with E-state index in [0.717, 1.165) is 11.1 Å². The Morgan fingerprint density at radius 3 is 2.55 bits per heavy atom. The molecule has 1 aromatic rings. The molecule has 0 saturated heterocycles. The third-order valence-electron chi connectivity index (χ3n) is 4.07. The maximum Gasteiger partial charge on any atom is 0.352 e. The Labute approximate surface area is 128 Å². The van der Waals surface area contributed by atoms with E-state index < -0.39 is 17.4 Å². The van der Waals surface area contributed by atoms with E-state index in [2.05, 4.69) is 5.32 Å². The van der Waals surface area contributed by atoms with Crippen molar-refractivity contribution in [1.29, 1.82) is 0 Å². The molecule has 0 bridgehead atoms. The van der Waals surface area contributed by atoms with Crippen molar-refractivity contribution in [3.8, 4) is 0 Å². The minimum atomic E-state index is -3.76. The van der Waals surface area contributed by atoms with E-state index in [4.69, 9.17) is 4.74 Å². The van der Waals surface area contributed by atoms with E-state index in [-0.39, 0.29) is 19.4 Å². The molecule has 2 N–H and O–H groups in total. The molecule has 1 aliphatic rings. The summed E-state index contributed by atoms with van der Waals surface area (Å²) >= 11 is 0. The van der Waals surface area contributed by atoms with Gasteiger partial charge >= 0.3 is 5.92 Å². The molecule has 2 rings (SSSR count). The van der Waals surface area contributed by atoms with E-state index >= 15 is 0 Å². The van der Waals surface area contributed by atoms with Gasteiger partial charge in [0.05, 0.1) is 6.61 Å². The molecule has 4 nitrogen and oxygen atoms in total. The van der Waals surface area contributed by atoms with Crippen molar-refractivity contribution in [2.45, 2.75) is 50.9 Å². The van der Waals surface area contributed by atoms with Crippen molar-refractivity contribution in [2.75, 3.05) is 6.61 Å². The van der Waals surface area contributed by atoms with Crippen LogP contribution in [0, 0.1) is 0 Å². The SMILES string of the molecule is CCOCc1ccccc1CNC(=O)C(F)(F)C1(O)CCC1. The summed E-state index contributed by atoms with van der Waals surface area (Å²) in [5.74, 6) is -5.19. The smallest absolute Gasteiger partial charge is 0.352 e. The van der Waals surface area contributed by atoms with Gasteiger partial charge in [-0.2, -0.15) is 8.78 Å². The molecule has 1 fully saturated rings. The summed E-state index contributed by atoms with van der Waals surface area (Å²) in [6.45, 7) is 2.76. The van der Waals surface area contributed by atoms with Crippen LogP contribution in [0.25, 0.3) is 0 Å². The second-order valence-corrected chi connectivity index (χ2v) is 5.55. The first-order valence-electron chi connectivity index (χ1n) is 7.44. The monoisotopic (exact) mass is 313 g/mol. The highest BCUT2D eigenvalue weighted by Crippen LogP contribution is 2.44. The van der Waals surface area contributed by atoms with Gasteiger partial charge in [0.15, 0.2) is 0 Å². The number of hydrogen-bond donors (Lipinski definition) is 2. The first kappa shape index (κ1) is 16.8. The molecule has 122 valence electrons. The molecule has 0 radical (unpaired) electrons. The van der Waals surface area contributed by atoms with Gasteiger partial charge in [0, 0.05) is 13.2 Å². The number of rotatable bonds is 7. The van der Waals surface area contributed by atoms with Gasteiger partial charge in [0.1, 0.15) is 5.60 Å². The highest BCUT2D eigenvalue weighted by atomic mass is 19.3. The van der Waals surface area contributed by atoms with E-state index in [9.17, 15) is 18.7 Å². The van der Waals surface area contributed by atoms with Crippen molar-refractivity contribution in [3.63, 3.8) is 0 Å². The Balaban J connectivity index is 1.99. The Hall–Kier alpha value is -1.53. The van der Waals surface area contributed by atoms with Gasteiger partial charge in [-0.3, -0.25) is 4.79 Å². The minimum Gasteiger partial charge on any atom is -0.383 e. The molecule has 0 spiro atoms. The maximum absolute atomic E-state index is 14.0. The molecule has 1 saturated carbocycles. The average molecular weight is 313 g/mol. The molecule has 1 aromatic carbocycles. The molecule has 0 atom stereocenters. The molecular weight excluding hydrogens is 292 g/mol. The quantitative estimate of drug-likeness (QED) is 0.812. The lowest BCUT2D eigenvalue weighted by molar-refractivity contribution is -0.216. The van der Waals surface area contributed by atoms with E-state index in [1.165, 1.54) is 0 Å². The van der Waals surface area contributed by atoms with Crippen LogP contribution in [-0.2, 0) is 22.7 Å². The van der Waals surface area contributed by atoms with Crippen LogP contribution in [0.2, 0.25) is 0 Å². The largest absolute Gasteiger partial charge is 0.383 e. The highest BCUT2D eigenvalue weighted by Gasteiger charge is 2.61. The van der Waals surface area contributed by atoms with Crippen LogP contribution in [0.4, 0.5) is 8.78 Å². The number of amides is 1. The number of benzene rings is 1. The zero-order valence-corrected chi connectivity index (χ0v) is 12.6. The van der Waals surface area contributed by atoms with E-state index in [1.807, 2.05) is 19.1 Å². The fourth-order valence-corrected chi connectivity index (χ4v) is 2.41. The van der Waals surface area contributed by atoms with Crippen LogP contribution >= 0.6 is 0 Å². The van der Waals surface area contributed by atoms with Crippen molar-refractivity contribution in [1.82, 2.24) is 5.32 Å². The number of carbonyl (C=O) groups is 1. The summed E-state index contributed by atoms with van der Waals surface area (Å²) < 4.78 is 33.2. The predicted molar refractivity (Wildman–Crippen MR) is 77.4 cm³/mol. The first-order chi connectivity index (χ1) is 10.4. The van der Waals surface area contributed by atoms with Crippen molar-refractivity contribution in [3.05, 3.63) is 35.4 Å². The topological polar surface area (TPSA) is 58.6 Å². The predicted octanol–water partition coefficient (Wildman–Crippen LogP) is 2.39. The van der Waals surface area contributed by atoms with Crippen LogP contribution in [0.5, 0.6) is 0 Å². The second-order valence-electron chi connectivity index (χ2n) is 5.55. The Kier molecular flexibility index (Phi) is 5.13. The van der Waals surface area contributed by atoms with Crippen LogP contribution in [0.3, 0.4) is 0 Å². The zero-order valence-electron chi connectivity index (χ0n) is 12.6. The standard InChI is InChI=1S/C16H21F2NO3/c1-2-22-11-13-7-4-3-6-12(13)10-19-14(20)16(17,18)15(21)8-5-9-15/h3-4,6-7,21H,2,5,8-11H2,1H3,(H,19,20). The normalized spacial score (nSPS) is 16.9. The Morgan fingerprint density at radius 1 is 1.36 bits per heavy atom. The van der Waals surface area contributed by atoms with Crippen LogP contribution in [-0.4, -0.2) is 29.1 Å². The number of nitrogens with one attached hydrogen (secondary N) is 1. The Morgan fingerprint density at radius 2 is 2.00 bits per heavy atom. The van der Waals surface area contributed by atoms with Crippen LogP contribution in [0.1, 0.15) is 37.3 Å². The molecule has 0 heterocycles. The molecule has 22 heavy (non-hydrogen) atoms. The van der Waals surface area contributed by atoms with Crippen LogP contribution < -0.4 is 5.32 Å². The molecule has 0 aromatic heterocycles. The number of alkyl halides is 2. The summed E-state index contributed by atoms with van der Waals surface area (Å²) in [5, 5.41) is 12.0. The average Bonchev–Trinajstić information content (AvgIpc) is 2.48. The van der Waals surface area contributed by atoms with Gasteiger partial charge in [-0.1, -0.05) is 24.3 Å². The third-order valence-corrected chi connectivity index (χ3v) is 4.07. The maximum atomic E-state index is 14.0. The molecule has 0 aliphatic heterocycles. The van der Waals surface area contributed by atoms with Gasteiger partial charge in [-0.15, -0.1) is 0 Å². The van der Waals surface area contributed by atoms with Gasteiger partial charge < -0.3 is 15.2 Å². The summed E-state index contributed by atoms with van der Waals surface area (Å²) in [6, 6.07) is 7.18. The fourth-order valence-electron chi connectivity index (χ4n) is 2.41. The molecular formula is C16H21F2NO3. The molecule has 1 aliphatic carbocycles. The molecule has 0 unspecified atom stereocenters. The summed E-state index contributed by atoms with van der Waals surface area (Å²) in [4.78, 5) is 11.8. The lowest BCUT2D eigenvalue weighted by atomic mass is 9.75. The number of aliphatic hydroxyl groups is 1. The fraction of sp³-hybridized carbons (Fsp3) is 0.562. The van der Waals surface area contributed by atoms with Crippen molar-refractivity contribution < 1.29 is 23.4 Å². The molecule has 6 heteroatoms. The van der Waals surface area contributed by atoms with Gasteiger partial charge in [0.25, 0.3) is 5.91 Å². The number of ether oxygens (including phenoxy) is 1. The van der Waals surface area contributed by atoms with Gasteiger partial charge in [-0.25, -0.2) is 0 Å². The molecule has 1 amide bonds. The van der Waals surface area contributed by atoms with E-state index in [1.54, 1.807) is 12.1 Å². The highest BCUT2D eigenvalue weighted by molar-refractivity contribution is 5.85. The van der Waals surface area contributed by atoms with Crippen molar-refractivity contribution >= 4 is 5.91 Å².